The Morgan fingerprint density at radius 2 is 1.85 bits per heavy atom. The molecule has 1 aliphatic heterocycles. The average molecular weight is 369 g/mol. The maximum absolute atomic E-state index is 6.10. The van der Waals surface area contributed by atoms with Crippen LogP contribution in [0.3, 0.4) is 0 Å². The highest BCUT2D eigenvalue weighted by Crippen LogP contribution is 2.26. The van der Waals surface area contributed by atoms with Crippen LogP contribution in [0.1, 0.15) is 5.56 Å². The predicted octanol–water partition coefficient (Wildman–Crippen LogP) is 3.04. The Morgan fingerprint density at radius 1 is 1.08 bits per heavy atom. The molecule has 134 valence electrons. The van der Waals surface area contributed by atoms with Crippen molar-refractivity contribution < 1.29 is 0 Å². The zero-order valence-corrected chi connectivity index (χ0v) is 15.4. The van der Waals surface area contributed by atoms with Gasteiger partial charge in [0.25, 0.3) is 0 Å². The number of piperazine rings is 1. The van der Waals surface area contributed by atoms with Crippen LogP contribution >= 0.6 is 11.6 Å². The second-order valence-electron chi connectivity index (χ2n) is 6.53. The molecule has 1 fully saturated rings. The number of rotatable bonds is 4. The van der Waals surface area contributed by atoms with Gasteiger partial charge in [-0.05, 0) is 18.7 Å². The zero-order chi connectivity index (χ0) is 17.9. The molecular weight excluding hydrogens is 348 g/mol. The lowest BCUT2D eigenvalue weighted by Gasteiger charge is -2.32. The number of nitrogens with one attached hydrogen (secondary N) is 1. The molecule has 1 N–H and O–H groups in total. The molecule has 1 aromatic carbocycles. The van der Waals surface area contributed by atoms with Gasteiger partial charge >= 0.3 is 0 Å². The number of aromatic nitrogens is 3. The van der Waals surface area contributed by atoms with E-state index in [1.54, 1.807) is 6.20 Å². The van der Waals surface area contributed by atoms with Crippen molar-refractivity contribution in [3.05, 3.63) is 53.3 Å². The molecule has 0 aliphatic carbocycles. The van der Waals surface area contributed by atoms with Crippen molar-refractivity contribution in [2.45, 2.75) is 6.54 Å². The number of hydrogen-bond donors (Lipinski definition) is 1. The molecule has 1 saturated heterocycles. The van der Waals surface area contributed by atoms with Crippen LogP contribution in [-0.2, 0) is 6.54 Å². The Morgan fingerprint density at radius 3 is 2.62 bits per heavy atom. The highest BCUT2D eigenvalue weighted by atomic mass is 35.5. The minimum Gasteiger partial charge on any atom is -0.365 e. The molecule has 6 nitrogen and oxygen atoms in total. The van der Waals surface area contributed by atoms with Gasteiger partial charge in [-0.25, -0.2) is 9.97 Å². The van der Waals surface area contributed by atoms with Gasteiger partial charge in [0.05, 0.1) is 11.7 Å². The molecular formula is C19H21ClN6. The molecule has 0 radical (unpaired) electrons. The van der Waals surface area contributed by atoms with Crippen LogP contribution in [0.5, 0.6) is 0 Å². The number of fused-ring (bicyclic) bond motifs is 1. The maximum Gasteiger partial charge on any atom is 0.228 e. The van der Waals surface area contributed by atoms with Gasteiger partial charge in [0.15, 0.2) is 0 Å². The molecule has 0 bridgehead atoms. The lowest BCUT2D eigenvalue weighted by molar-refractivity contribution is 0.311. The molecule has 26 heavy (non-hydrogen) atoms. The summed E-state index contributed by atoms with van der Waals surface area (Å²) in [6, 6.07) is 12.1. The lowest BCUT2D eigenvalue weighted by Crippen LogP contribution is -2.45. The Kier molecular flexibility index (Phi) is 4.86. The molecule has 3 heterocycles. The van der Waals surface area contributed by atoms with Crippen molar-refractivity contribution >= 4 is 34.3 Å². The van der Waals surface area contributed by atoms with Crippen molar-refractivity contribution in [1.82, 2.24) is 19.9 Å². The number of anilines is 2. The highest BCUT2D eigenvalue weighted by molar-refractivity contribution is 6.30. The van der Waals surface area contributed by atoms with Crippen molar-refractivity contribution in [2.75, 3.05) is 43.4 Å². The monoisotopic (exact) mass is 368 g/mol. The quantitative estimate of drug-likeness (QED) is 0.714. The van der Waals surface area contributed by atoms with E-state index in [1.807, 2.05) is 24.3 Å². The fourth-order valence-corrected chi connectivity index (χ4v) is 3.22. The highest BCUT2D eigenvalue weighted by Gasteiger charge is 2.18. The Hall–Kier alpha value is -2.44. The minimum atomic E-state index is 0.441. The standard InChI is InChI=1S/C19H21ClN6/c1-25-7-9-26(10-8-25)19-23-16-13-21-17(20)11-15(16)18(24-19)22-12-14-5-3-2-4-6-14/h2-6,11,13H,7-10,12H2,1H3,(H,22,23,24). The second kappa shape index (κ2) is 7.43. The van der Waals surface area contributed by atoms with Crippen molar-refractivity contribution in [1.29, 1.82) is 0 Å². The second-order valence-corrected chi connectivity index (χ2v) is 6.91. The minimum absolute atomic E-state index is 0.441. The summed E-state index contributed by atoms with van der Waals surface area (Å²) in [7, 11) is 2.14. The molecule has 0 saturated carbocycles. The van der Waals surface area contributed by atoms with E-state index in [0.29, 0.717) is 11.7 Å². The first-order chi connectivity index (χ1) is 12.7. The van der Waals surface area contributed by atoms with Crippen LogP contribution in [0.15, 0.2) is 42.6 Å². The summed E-state index contributed by atoms with van der Waals surface area (Å²) in [5, 5.41) is 4.77. The third-order valence-corrected chi connectivity index (χ3v) is 4.83. The first-order valence-corrected chi connectivity index (χ1v) is 9.11. The summed E-state index contributed by atoms with van der Waals surface area (Å²) >= 11 is 6.10. The van der Waals surface area contributed by atoms with E-state index in [2.05, 4.69) is 39.3 Å². The van der Waals surface area contributed by atoms with Crippen LogP contribution < -0.4 is 10.2 Å². The largest absolute Gasteiger partial charge is 0.365 e. The summed E-state index contributed by atoms with van der Waals surface area (Å²) in [6.45, 7) is 4.54. The fraction of sp³-hybridized carbons (Fsp3) is 0.316. The van der Waals surface area contributed by atoms with Crippen LogP contribution in [0, 0.1) is 0 Å². The van der Waals surface area contributed by atoms with Crippen molar-refractivity contribution in [2.24, 2.45) is 0 Å². The van der Waals surface area contributed by atoms with Crippen LogP contribution in [0.2, 0.25) is 5.15 Å². The number of pyridine rings is 1. The molecule has 4 rings (SSSR count). The summed E-state index contributed by atoms with van der Waals surface area (Å²) in [5.41, 5.74) is 1.99. The fourth-order valence-electron chi connectivity index (χ4n) is 3.06. The Balaban J connectivity index is 1.67. The van der Waals surface area contributed by atoms with Gasteiger partial charge in [-0.2, -0.15) is 4.98 Å². The average Bonchev–Trinajstić information content (AvgIpc) is 2.67. The summed E-state index contributed by atoms with van der Waals surface area (Å²) < 4.78 is 0. The van der Waals surface area contributed by atoms with Crippen molar-refractivity contribution in [3.8, 4) is 0 Å². The molecule has 1 aliphatic rings. The van der Waals surface area contributed by atoms with Gasteiger partial charge in [-0.1, -0.05) is 41.9 Å². The third-order valence-electron chi connectivity index (χ3n) is 4.63. The van der Waals surface area contributed by atoms with Gasteiger partial charge in [0.2, 0.25) is 5.95 Å². The molecule has 2 aromatic heterocycles. The van der Waals surface area contributed by atoms with E-state index < -0.39 is 0 Å². The van der Waals surface area contributed by atoms with E-state index in [0.717, 1.165) is 48.8 Å². The number of benzene rings is 1. The maximum atomic E-state index is 6.10. The third kappa shape index (κ3) is 3.71. The summed E-state index contributed by atoms with van der Waals surface area (Å²) in [6.07, 6.45) is 1.71. The zero-order valence-electron chi connectivity index (χ0n) is 14.7. The molecule has 0 spiro atoms. The van der Waals surface area contributed by atoms with Gasteiger partial charge in [0.1, 0.15) is 11.0 Å². The van der Waals surface area contributed by atoms with Gasteiger partial charge in [-0.15, -0.1) is 0 Å². The van der Waals surface area contributed by atoms with Gasteiger partial charge < -0.3 is 15.1 Å². The molecule has 0 atom stereocenters. The van der Waals surface area contributed by atoms with E-state index >= 15 is 0 Å². The van der Waals surface area contributed by atoms with E-state index in [1.165, 1.54) is 5.56 Å². The normalized spacial score (nSPS) is 15.4. The molecule has 0 unspecified atom stereocenters. The number of hydrogen-bond acceptors (Lipinski definition) is 6. The Bertz CT molecular complexity index is 893. The number of nitrogens with zero attached hydrogens (tertiary/aromatic N) is 5. The lowest BCUT2D eigenvalue weighted by atomic mass is 10.2. The van der Waals surface area contributed by atoms with Crippen LogP contribution in [-0.4, -0.2) is 53.1 Å². The van der Waals surface area contributed by atoms with Gasteiger partial charge in [0, 0.05) is 38.1 Å². The van der Waals surface area contributed by atoms with Gasteiger partial charge in [-0.3, -0.25) is 0 Å². The van der Waals surface area contributed by atoms with E-state index in [9.17, 15) is 0 Å². The number of likely N-dealkylation sites (N-methyl/N-ethyl adjacent to an activating group) is 1. The Labute approximate surface area is 157 Å². The van der Waals surface area contributed by atoms with E-state index in [-0.39, 0.29) is 0 Å². The summed E-state index contributed by atoms with van der Waals surface area (Å²) in [4.78, 5) is 18.2. The van der Waals surface area contributed by atoms with E-state index in [4.69, 9.17) is 21.6 Å². The molecule has 0 amide bonds. The summed E-state index contributed by atoms with van der Waals surface area (Å²) in [5.74, 6) is 1.53. The van der Waals surface area contributed by atoms with Crippen LogP contribution in [0.4, 0.5) is 11.8 Å². The first kappa shape index (κ1) is 17.0. The molecule has 3 aromatic rings. The smallest absolute Gasteiger partial charge is 0.228 e. The van der Waals surface area contributed by atoms with Crippen molar-refractivity contribution in [3.63, 3.8) is 0 Å². The topological polar surface area (TPSA) is 57.2 Å². The van der Waals surface area contributed by atoms with Crippen LogP contribution in [0.25, 0.3) is 10.9 Å². The first-order valence-electron chi connectivity index (χ1n) is 8.73. The number of halogens is 1. The SMILES string of the molecule is CN1CCN(c2nc(NCc3ccccc3)c3cc(Cl)ncc3n2)CC1. The molecule has 7 heteroatoms. The predicted molar refractivity (Wildman–Crippen MR) is 106 cm³/mol.